The topological polar surface area (TPSA) is 78.5 Å². The van der Waals surface area contributed by atoms with Crippen LogP contribution in [0.15, 0.2) is 112 Å². The second-order valence-electron chi connectivity index (χ2n) is 9.43. The van der Waals surface area contributed by atoms with E-state index in [-0.39, 0.29) is 18.0 Å². The Morgan fingerprint density at radius 2 is 1.71 bits per heavy atom. The van der Waals surface area contributed by atoms with Crippen LogP contribution in [0.3, 0.4) is 0 Å². The van der Waals surface area contributed by atoms with Gasteiger partial charge in [0.2, 0.25) is 0 Å². The van der Waals surface area contributed by atoms with E-state index in [0.717, 1.165) is 11.3 Å². The first-order valence-electron chi connectivity index (χ1n) is 13.1. The molecule has 0 radical (unpaired) electrons. The molecule has 0 aliphatic carbocycles. The molecule has 1 aliphatic heterocycles. The van der Waals surface area contributed by atoms with E-state index >= 15 is 0 Å². The third-order valence-electron chi connectivity index (χ3n) is 6.80. The maximum Gasteiger partial charge on any atom is 0.338 e. The molecule has 3 heterocycles. The molecule has 5 aromatic rings. The summed E-state index contributed by atoms with van der Waals surface area (Å²) in [5, 5.41) is 4.78. The van der Waals surface area contributed by atoms with Gasteiger partial charge in [-0.2, -0.15) is 5.10 Å². The first-order chi connectivity index (χ1) is 19.9. The van der Waals surface area contributed by atoms with Gasteiger partial charge >= 0.3 is 5.97 Å². The van der Waals surface area contributed by atoms with Crippen molar-refractivity contribution in [2.24, 2.45) is 4.99 Å². The lowest BCUT2D eigenvalue weighted by atomic mass is 9.96. The number of benzene rings is 3. The number of halogens is 1. The first kappa shape index (κ1) is 26.3. The standard InChI is InChI=1S/C32H25FN4O3S/c1-3-40-31(39)27-20(2)34-32-37(29(27)22-10-6-4-7-11-22)30(38)26(41-32)18-23-19-36(25-12-8-5-9-13-25)35-28(23)21-14-16-24(33)17-15-21/h4-19,29H,3H2,1-2H3/b26-18-/t29-/m0/s1. The average molecular weight is 565 g/mol. The summed E-state index contributed by atoms with van der Waals surface area (Å²) in [7, 11) is 0. The molecule has 1 atom stereocenters. The number of thiazole rings is 1. The second kappa shape index (κ2) is 10.9. The maximum atomic E-state index is 14.0. The van der Waals surface area contributed by atoms with Gasteiger partial charge < -0.3 is 4.74 Å². The van der Waals surface area contributed by atoms with E-state index in [1.807, 2.05) is 66.9 Å². The van der Waals surface area contributed by atoms with E-state index in [1.54, 1.807) is 41.3 Å². The zero-order chi connectivity index (χ0) is 28.5. The minimum absolute atomic E-state index is 0.207. The number of carbonyl (C=O) groups is 1. The van der Waals surface area contributed by atoms with Crippen LogP contribution in [0.25, 0.3) is 23.0 Å². The number of carbonyl (C=O) groups excluding carboxylic acids is 1. The lowest BCUT2D eigenvalue weighted by Crippen LogP contribution is -2.39. The number of hydrogen-bond acceptors (Lipinski definition) is 6. The van der Waals surface area contributed by atoms with Crippen LogP contribution in [0.2, 0.25) is 0 Å². The van der Waals surface area contributed by atoms with Crippen molar-refractivity contribution in [2.45, 2.75) is 19.9 Å². The van der Waals surface area contributed by atoms with E-state index in [0.29, 0.717) is 37.4 Å². The van der Waals surface area contributed by atoms with Gasteiger partial charge in [-0.15, -0.1) is 0 Å². The van der Waals surface area contributed by atoms with Crippen molar-refractivity contribution < 1.29 is 13.9 Å². The van der Waals surface area contributed by atoms with Gasteiger partial charge in [-0.1, -0.05) is 59.9 Å². The zero-order valence-electron chi connectivity index (χ0n) is 22.3. The van der Waals surface area contributed by atoms with Crippen LogP contribution in [0.5, 0.6) is 0 Å². The second-order valence-corrected chi connectivity index (χ2v) is 10.4. The highest BCUT2D eigenvalue weighted by molar-refractivity contribution is 7.07. The molecule has 7 nitrogen and oxygen atoms in total. The highest BCUT2D eigenvalue weighted by Crippen LogP contribution is 2.31. The van der Waals surface area contributed by atoms with Crippen molar-refractivity contribution in [2.75, 3.05) is 6.61 Å². The zero-order valence-corrected chi connectivity index (χ0v) is 23.1. The Kier molecular flexibility index (Phi) is 7.03. The molecule has 0 unspecified atom stereocenters. The molecule has 0 N–H and O–H groups in total. The van der Waals surface area contributed by atoms with Crippen LogP contribution in [-0.2, 0) is 9.53 Å². The number of allylic oxidation sites excluding steroid dienone is 1. The van der Waals surface area contributed by atoms with Crippen molar-refractivity contribution in [3.63, 3.8) is 0 Å². The predicted molar refractivity (Wildman–Crippen MR) is 156 cm³/mol. The summed E-state index contributed by atoms with van der Waals surface area (Å²) < 4.78 is 22.8. The van der Waals surface area contributed by atoms with Gasteiger partial charge in [-0.05, 0) is 61.9 Å². The minimum Gasteiger partial charge on any atom is -0.463 e. The quantitative estimate of drug-likeness (QED) is 0.278. The normalized spacial score (nSPS) is 15.0. The van der Waals surface area contributed by atoms with Crippen molar-refractivity contribution >= 4 is 23.4 Å². The lowest BCUT2D eigenvalue weighted by Gasteiger charge is -2.24. The van der Waals surface area contributed by atoms with Crippen molar-refractivity contribution in [1.82, 2.24) is 14.3 Å². The van der Waals surface area contributed by atoms with Crippen molar-refractivity contribution in [1.29, 1.82) is 0 Å². The third-order valence-corrected chi connectivity index (χ3v) is 7.78. The van der Waals surface area contributed by atoms with E-state index < -0.39 is 12.0 Å². The van der Waals surface area contributed by atoms with Gasteiger partial charge in [0.05, 0.1) is 34.1 Å². The largest absolute Gasteiger partial charge is 0.463 e. The van der Waals surface area contributed by atoms with E-state index in [9.17, 15) is 14.0 Å². The van der Waals surface area contributed by atoms with Crippen molar-refractivity contribution in [3.05, 3.63) is 139 Å². The van der Waals surface area contributed by atoms with Crippen molar-refractivity contribution in [3.8, 4) is 16.9 Å². The Labute approximate surface area is 238 Å². The highest BCUT2D eigenvalue weighted by Gasteiger charge is 2.33. The van der Waals surface area contributed by atoms with Gasteiger partial charge in [0.1, 0.15) is 11.5 Å². The van der Waals surface area contributed by atoms with Gasteiger partial charge in [0.15, 0.2) is 4.80 Å². The number of nitrogens with zero attached hydrogens (tertiary/aromatic N) is 4. The summed E-state index contributed by atoms with van der Waals surface area (Å²) in [6, 6.07) is 24.4. The van der Waals surface area contributed by atoms with Crippen LogP contribution >= 0.6 is 11.3 Å². The van der Waals surface area contributed by atoms with Crippen LogP contribution in [0.1, 0.15) is 31.0 Å². The Hall–Kier alpha value is -4.89. The molecule has 3 aromatic carbocycles. The summed E-state index contributed by atoms with van der Waals surface area (Å²) in [5.41, 5.74) is 4.18. The van der Waals surface area contributed by atoms with Gasteiger partial charge in [-0.3, -0.25) is 9.36 Å². The summed E-state index contributed by atoms with van der Waals surface area (Å²) in [4.78, 5) is 32.2. The fourth-order valence-corrected chi connectivity index (χ4v) is 5.96. The molecule has 204 valence electrons. The van der Waals surface area contributed by atoms with Crippen LogP contribution in [0.4, 0.5) is 4.39 Å². The number of esters is 1. The number of ether oxygens (including phenoxy) is 1. The SMILES string of the molecule is CCOC(=O)C1=C(C)N=c2s/c(=C\c3cn(-c4ccccc4)nc3-c3ccc(F)cc3)c(=O)n2[C@H]1c1ccccc1. The summed E-state index contributed by atoms with van der Waals surface area (Å²) in [6.07, 6.45) is 3.62. The number of para-hydroxylation sites is 1. The molecule has 41 heavy (non-hydrogen) atoms. The summed E-state index contributed by atoms with van der Waals surface area (Å²) in [6.45, 7) is 3.71. The monoisotopic (exact) mass is 564 g/mol. The number of aromatic nitrogens is 3. The summed E-state index contributed by atoms with van der Waals surface area (Å²) in [5.74, 6) is -0.848. The van der Waals surface area contributed by atoms with Gasteiger partial charge in [-0.25, -0.2) is 18.9 Å². The molecular formula is C32H25FN4O3S. The lowest BCUT2D eigenvalue weighted by molar-refractivity contribution is -0.139. The summed E-state index contributed by atoms with van der Waals surface area (Å²) >= 11 is 1.24. The van der Waals surface area contributed by atoms with Crippen LogP contribution in [0, 0.1) is 5.82 Å². The Morgan fingerprint density at radius 1 is 1.02 bits per heavy atom. The Balaban J connectivity index is 1.56. The molecular weight excluding hydrogens is 539 g/mol. The van der Waals surface area contributed by atoms with Crippen LogP contribution < -0.4 is 14.9 Å². The first-order valence-corrected chi connectivity index (χ1v) is 13.9. The smallest absolute Gasteiger partial charge is 0.338 e. The Bertz CT molecular complexity index is 1960. The molecule has 9 heteroatoms. The molecule has 1 aliphatic rings. The average Bonchev–Trinajstić information content (AvgIpc) is 3.54. The van der Waals surface area contributed by atoms with E-state index in [4.69, 9.17) is 9.84 Å². The molecule has 6 rings (SSSR count). The minimum atomic E-state index is -0.683. The number of rotatable bonds is 6. The molecule has 0 bridgehead atoms. The third kappa shape index (κ3) is 4.96. The van der Waals surface area contributed by atoms with Crippen LogP contribution in [-0.4, -0.2) is 26.9 Å². The molecule has 2 aromatic heterocycles. The fraction of sp³-hybridized carbons (Fsp3) is 0.125. The van der Waals surface area contributed by atoms with E-state index in [2.05, 4.69) is 4.99 Å². The molecule has 0 saturated carbocycles. The molecule has 0 amide bonds. The molecule has 0 spiro atoms. The number of fused-ring (bicyclic) bond motifs is 1. The Morgan fingerprint density at radius 3 is 2.39 bits per heavy atom. The molecule has 0 saturated heterocycles. The van der Waals surface area contributed by atoms with Gasteiger partial charge in [0, 0.05) is 17.3 Å². The molecule has 0 fully saturated rings. The van der Waals surface area contributed by atoms with E-state index in [1.165, 1.54) is 23.5 Å². The fourth-order valence-electron chi connectivity index (χ4n) is 4.92. The van der Waals surface area contributed by atoms with Gasteiger partial charge in [0.25, 0.3) is 5.56 Å². The maximum absolute atomic E-state index is 14.0. The predicted octanol–water partition coefficient (Wildman–Crippen LogP) is 4.79. The number of hydrogen-bond donors (Lipinski definition) is 0. The highest BCUT2D eigenvalue weighted by atomic mass is 32.1.